The summed E-state index contributed by atoms with van der Waals surface area (Å²) in [6.07, 6.45) is -6.19. The molecule has 1 heterocycles. The Morgan fingerprint density at radius 2 is 2.15 bits per heavy atom. The van der Waals surface area contributed by atoms with Crippen LogP contribution in [0.1, 0.15) is 6.42 Å². The zero-order chi connectivity index (χ0) is 10.1. The van der Waals surface area contributed by atoms with E-state index in [9.17, 15) is 17.6 Å². The molecule has 0 saturated carbocycles. The SMILES string of the molecule is COC1=C(C(F)(F)F)CC(F)C=N1. The Bertz CT molecular complexity index is 256. The Hall–Kier alpha value is -1.07. The number of hydrogen-bond donors (Lipinski definition) is 0. The predicted molar refractivity (Wildman–Crippen MR) is 38.1 cm³/mol. The van der Waals surface area contributed by atoms with Crippen LogP contribution in [0.25, 0.3) is 0 Å². The highest BCUT2D eigenvalue weighted by molar-refractivity contribution is 5.66. The highest BCUT2D eigenvalue weighted by Crippen LogP contribution is 2.34. The number of rotatable bonds is 1. The summed E-state index contributed by atoms with van der Waals surface area (Å²) in [5.41, 5.74) is -1.05. The lowest BCUT2D eigenvalue weighted by Crippen LogP contribution is -2.22. The molecule has 0 amide bonds. The molecule has 6 heteroatoms. The lowest BCUT2D eigenvalue weighted by atomic mass is 10.1. The molecule has 1 atom stereocenters. The molecule has 13 heavy (non-hydrogen) atoms. The summed E-state index contributed by atoms with van der Waals surface area (Å²) in [6.45, 7) is 0. The third-order valence-corrected chi connectivity index (χ3v) is 1.55. The number of nitrogens with zero attached hydrogens (tertiary/aromatic N) is 1. The van der Waals surface area contributed by atoms with E-state index in [1.54, 1.807) is 0 Å². The minimum Gasteiger partial charge on any atom is -0.481 e. The van der Waals surface area contributed by atoms with E-state index >= 15 is 0 Å². The van der Waals surface area contributed by atoms with Crippen molar-refractivity contribution < 1.29 is 22.3 Å². The molecular weight excluding hydrogens is 190 g/mol. The van der Waals surface area contributed by atoms with E-state index in [-0.39, 0.29) is 0 Å². The highest BCUT2D eigenvalue weighted by Gasteiger charge is 2.40. The summed E-state index contributed by atoms with van der Waals surface area (Å²) in [7, 11) is 1.07. The van der Waals surface area contributed by atoms with Crippen LogP contribution in [-0.4, -0.2) is 25.7 Å². The van der Waals surface area contributed by atoms with Gasteiger partial charge < -0.3 is 4.74 Å². The fourth-order valence-corrected chi connectivity index (χ4v) is 0.974. The molecule has 0 aromatic rings. The molecule has 0 aromatic heterocycles. The number of ether oxygens (including phenoxy) is 1. The van der Waals surface area contributed by atoms with Crippen molar-refractivity contribution in [1.29, 1.82) is 0 Å². The van der Waals surface area contributed by atoms with Crippen LogP contribution >= 0.6 is 0 Å². The molecule has 0 saturated heterocycles. The lowest BCUT2D eigenvalue weighted by molar-refractivity contribution is -0.0988. The molecule has 2 nitrogen and oxygen atoms in total. The second-order valence-corrected chi connectivity index (χ2v) is 2.48. The normalized spacial score (nSPS) is 23.6. The molecule has 0 spiro atoms. The van der Waals surface area contributed by atoms with Crippen LogP contribution in [0.4, 0.5) is 17.6 Å². The summed E-state index contributed by atoms with van der Waals surface area (Å²) >= 11 is 0. The Morgan fingerprint density at radius 3 is 2.62 bits per heavy atom. The summed E-state index contributed by atoms with van der Waals surface area (Å²) < 4.78 is 53.4. The van der Waals surface area contributed by atoms with Gasteiger partial charge in [-0.2, -0.15) is 13.2 Å². The van der Waals surface area contributed by atoms with Crippen LogP contribution in [0.15, 0.2) is 16.4 Å². The van der Waals surface area contributed by atoms with Crippen LogP contribution in [-0.2, 0) is 4.74 Å². The fraction of sp³-hybridized carbons (Fsp3) is 0.571. The van der Waals surface area contributed by atoms with Gasteiger partial charge in [0.2, 0.25) is 5.88 Å². The van der Waals surface area contributed by atoms with Gasteiger partial charge in [-0.15, -0.1) is 0 Å². The monoisotopic (exact) mass is 197 g/mol. The van der Waals surface area contributed by atoms with Crippen LogP contribution in [0, 0.1) is 0 Å². The molecule has 74 valence electrons. The lowest BCUT2D eigenvalue weighted by Gasteiger charge is -2.18. The van der Waals surface area contributed by atoms with Gasteiger partial charge in [0, 0.05) is 12.6 Å². The molecule has 1 rings (SSSR count). The van der Waals surface area contributed by atoms with E-state index in [2.05, 4.69) is 9.73 Å². The van der Waals surface area contributed by atoms with Gasteiger partial charge in [-0.3, -0.25) is 0 Å². The first kappa shape index (κ1) is 10.0. The smallest absolute Gasteiger partial charge is 0.417 e. The molecule has 0 radical (unpaired) electrons. The van der Waals surface area contributed by atoms with Crippen molar-refractivity contribution in [1.82, 2.24) is 0 Å². The number of aliphatic imine (C=N–C) groups is 1. The summed E-state index contributed by atoms with van der Waals surface area (Å²) in [5, 5.41) is 0. The van der Waals surface area contributed by atoms with Crippen LogP contribution in [0.5, 0.6) is 0 Å². The van der Waals surface area contributed by atoms with E-state index < -0.39 is 30.2 Å². The maximum absolute atomic E-state index is 12.5. The molecule has 0 bridgehead atoms. The van der Waals surface area contributed by atoms with Crippen molar-refractivity contribution >= 4 is 6.21 Å². The van der Waals surface area contributed by atoms with Crippen LogP contribution in [0.3, 0.4) is 0 Å². The quantitative estimate of drug-likeness (QED) is 0.590. The number of allylic oxidation sites excluding steroid dienone is 1. The second kappa shape index (κ2) is 3.35. The molecule has 0 aliphatic carbocycles. The third-order valence-electron chi connectivity index (χ3n) is 1.55. The average molecular weight is 197 g/mol. The number of alkyl halides is 4. The van der Waals surface area contributed by atoms with Crippen molar-refractivity contribution in [2.45, 2.75) is 18.8 Å². The first-order valence-corrected chi connectivity index (χ1v) is 3.47. The minimum absolute atomic E-state index is 0.554. The summed E-state index contributed by atoms with van der Waals surface area (Å²) in [6, 6.07) is 0. The standard InChI is InChI=1S/C7H7F4NO/c1-13-6-5(7(9,10)11)2-4(8)3-12-6/h3-4H,2H2,1H3. The van der Waals surface area contributed by atoms with Crippen molar-refractivity contribution in [2.75, 3.05) is 7.11 Å². The summed E-state index contributed by atoms with van der Waals surface area (Å²) in [5.74, 6) is -0.554. The third kappa shape index (κ3) is 2.19. The van der Waals surface area contributed by atoms with Crippen molar-refractivity contribution in [3.8, 4) is 0 Å². The van der Waals surface area contributed by atoms with Crippen molar-refractivity contribution in [2.24, 2.45) is 4.99 Å². The Balaban J connectivity index is 2.99. The topological polar surface area (TPSA) is 21.6 Å². The van der Waals surface area contributed by atoms with Crippen LogP contribution < -0.4 is 0 Å². The van der Waals surface area contributed by atoms with E-state index in [4.69, 9.17) is 0 Å². The van der Waals surface area contributed by atoms with Crippen LogP contribution in [0.2, 0.25) is 0 Å². The van der Waals surface area contributed by atoms with Gasteiger partial charge in [0.25, 0.3) is 0 Å². The van der Waals surface area contributed by atoms with Gasteiger partial charge >= 0.3 is 6.18 Å². The highest BCUT2D eigenvalue weighted by atomic mass is 19.4. The van der Waals surface area contributed by atoms with Gasteiger partial charge in [-0.1, -0.05) is 0 Å². The number of hydrogen-bond acceptors (Lipinski definition) is 2. The molecule has 0 fully saturated rings. The van der Waals surface area contributed by atoms with Gasteiger partial charge in [0.15, 0.2) is 0 Å². The first-order chi connectivity index (χ1) is 5.95. The largest absolute Gasteiger partial charge is 0.481 e. The van der Waals surface area contributed by atoms with E-state index in [1.807, 2.05) is 0 Å². The van der Waals surface area contributed by atoms with E-state index in [1.165, 1.54) is 0 Å². The molecular formula is C7H7F4NO. The zero-order valence-corrected chi connectivity index (χ0v) is 6.73. The molecule has 0 aromatic carbocycles. The predicted octanol–water partition coefficient (Wildman–Crippen LogP) is 2.22. The maximum Gasteiger partial charge on any atom is 0.417 e. The van der Waals surface area contributed by atoms with Gasteiger partial charge in [-0.05, 0) is 0 Å². The minimum atomic E-state index is -4.58. The second-order valence-electron chi connectivity index (χ2n) is 2.48. The van der Waals surface area contributed by atoms with Gasteiger partial charge in [-0.25, -0.2) is 9.38 Å². The molecule has 1 aliphatic rings. The molecule has 1 unspecified atom stereocenters. The Kier molecular flexibility index (Phi) is 2.58. The summed E-state index contributed by atoms with van der Waals surface area (Å²) in [4.78, 5) is 3.21. The van der Waals surface area contributed by atoms with E-state index in [0.717, 1.165) is 13.3 Å². The van der Waals surface area contributed by atoms with Crippen molar-refractivity contribution in [3.05, 3.63) is 11.5 Å². The van der Waals surface area contributed by atoms with Gasteiger partial charge in [0.05, 0.1) is 12.7 Å². The Morgan fingerprint density at radius 1 is 1.54 bits per heavy atom. The van der Waals surface area contributed by atoms with E-state index in [0.29, 0.717) is 0 Å². The molecule has 0 N–H and O–H groups in total. The fourth-order valence-electron chi connectivity index (χ4n) is 0.974. The zero-order valence-electron chi connectivity index (χ0n) is 6.73. The number of halogens is 4. The average Bonchev–Trinajstić information content (AvgIpc) is 2.03. The maximum atomic E-state index is 12.5. The first-order valence-electron chi connectivity index (χ1n) is 3.47. The van der Waals surface area contributed by atoms with Gasteiger partial charge in [0.1, 0.15) is 6.17 Å². The Labute approximate surface area is 71.9 Å². The van der Waals surface area contributed by atoms with Crippen molar-refractivity contribution in [3.63, 3.8) is 0 Å². The number of methoxy groups -OCH3 is 1. The molecule has 1 aliphatic heterocycles.